The minimum Gasteiger partial charge on any atom is -0.481 e. The molecule has 3 nitrogen and oxygen atoms in total. The lowest BCUT2D eigenvalue weighted by Gasteiger charge is -2.13. The van der Waals surface area contributed by atoms with E-state index in [4.69, 9.17) is 5.11 Å². The maximum Gasteiger partial charge on any atom is 0.308 e. The van der Waals surface area contributed by atoms with Crippen molar-refractivity contribution in [2.45, 2.75) is 32.6 Å². The van der Waals surface area contributed by atoms with E-state index < -0.39 is 5.97 Å². The van der Waals surface area contributed by atoms with Crippen molar-refractivity contribution < 1.29 is 9.90 Å². The van der Waals surface area contributed by atoms with Gasteiger partial charge in [-0.15, -0.1) is 11.3 Å². The minimum absolute atomic E-state index is 0.0258. The highest BCUT2D eigenvalue weighted by Gasteiger charge is 2.23. The number of rotatable bonds is 3. The van der Waals surface area contributed by atoms with Gasteiger partial charge in [-0.25, -0.2) is 4.98 Å². The molecule has 0 aliphatic rings. The van der Waals surface area contributed by atoms with Gasteiger partial charge in [0.15, 0.2) is 0 Å². The number of thiazole rings is 1. The number of hydrogen-bond acceptors (Lipinski definition) is 3. The van der Waals surface area contributed by atoms with Crippen molar-refractivity contribution in [1.29, 1.82) is 0 Å². The van der Waals surface area contributed by atoms with Crippen molar-refractivity contribution >= 4 is 17.3 Å². The van der Waals surface area contributed by atoms with Gasteiger partial charge in [-0.05, 0) is 0 Å². The van der Waals surface area contributed by atoms with E-state index in [2.05, 4.69) is 25.8 Å². The molecule has 0 unspecified atom stereocenters. The highest BCUT2D eigenvalue weighted by atomic mass is 32.1. The second-order valence-corrected chi connectivity index (χ2v) is 6.56. The molecule has 2 rings (SSSR count). The standard InChI is InChI=1S/C15H17NO2S/c1-15(2,3)14-16-13(10-7-5-4-6-8-10)11(19-14)9-12(17)18/h4-8H,9H2,1-3H3,(H,17,18). The molecule has 0 saturated heterocycles. The SMILES string of the molecule is CC(C)(C)c1nc(-c2ccccc2)c(CC(=O)O)s1. The summed E-state index contributed by atoms with van der Waals surface area (Å²) in [7, 11) is 0. The summed E-state index contributed by atoms with van der Waals surface area (Å²) in [6, 6.07) is 9.75. The summed E-state index contributed by atoms with van der Waals surface area (Å²) in [4.78, 5) is 16.5. The van der Waals surface area contributed by atoms with Crippen LogP contribution in [0, 0.1) is 0 Å². The zero-order chi connectivity index (χ0) is 14.0. The molecule has 4 heteroatoms. The third-order valence-corrected chi connectivity index (χ3v) is 4.18. The molecular formula is C15H17NO2S. The molecule has 0 bridgehead atoms. The van der Waals surface area contributed by atoms with E-state index in [-0.39, 0.29) is 11.8 Å². The highest BCUT2D eigenvalue weighted by molar-refractivity contribution is 7.12. The van der Waals surface area contributed by atoms with Crippen molar-refractivity contribution in [3.05, 3.63) is 40.2 Å². The molecule has 0 radical (unpaired) electrons. The predicted molar refractivity (Wildman–Crippen MR) is 77.6 cm³/mol. The summed E-state index contributed by atoms with van der Waals surface area (Å²) in [5.41, 5.74) is 1.72. The van der Waals surface area contributed by atoms with Gasteiger partial charge in [-0.2, -0.15) is 0 Å². The number of carboxylic acid groups (broad SMARTS) is 1. The van der Waals surface area contributed by atoms with Crippen molar-refractivity contribution in [3.63, 3.8) is 0 Å². The van der Waals surface area contributed by atoms with Crippen LogP contribution in [0.3, 0.4) is 0 Å². The zero-order valence-electron chi connectivity index (χ0n) is 11.3. The van der Waals surface area contributed by atoms with Gasteiger partial charge < -0.3 is 5.11 Å². The first-order valence-electron chi connectivity index (χ1n) is 6.15. The number of aliphatic carboxylic acids is 1. The number of hydrogen-bond donors (Lipinski definition) is 1. The Morgan fingerprint density at radius 2 is 1.89 bits per heavy atom. The zero-order valence-corrected chi connectivity index (χ0v) is 12.1. The Kier molecular flexibility index (Phi) is 3.71. The summed E-state index contributed by atoms with van der Waals surface area (Å²) < 4.78 is 0. The molecule has 1 N–H and O–H groups in total. The third kappa shape index (κ3) is 3.20. The number of benzene rings is 1. The second kappa shape index (κ2) is 5.13. The van der Waals surface area contributed by atoms with E-state index in [1.54, 1.807) is 0 Å². The largest absolute Gasteiger partial charge is 0.481 e. The molecule has 0 spiro atoms. The molecule has 0 aliphatic heterocycles. The molecule has 1 heterocycles. The molecule has 0 amide bonds. The van der Waals surface area contributed by atoms with Gasteiger partial charge in [-0.1, -0.05) is 51.1 Å². The fraction of sp³-hybridized carbons (Fsp3) is 0.333. The number of aromatic nitrogens is 1. The van der Waals surface area contributed by atoms with Gasteiger partial charge >= 0.3 is 5.97 Å². The second-order valence-electron chi connectivity index (χ2n) is 5.48. The van der Waals surface area contributed by atoms with Crippen LogP contribution in [0.15, 0.2) is 30.3 Å². The van der Waals surface area contributed by atoms with Gasteiger partial charge in [0.1, 0.15) is 0 Å². The molecule has 0 fully saturated rings. The van der Waals surface area contributed by atoms with Crippen molar-refractivity contribution in [1.82, 2.24) is 4.98 Å². The summed E-state index contributed by atoms with van der Waals surface area (Å²) in [5.74, 6) is -0.818. The third-order valence-electron chi connectivity index (χ3n) is 2.70. The average Bonchev–Trinajstić information content (AvgIpc) is 2.73. The Morgan fingerprint density at radius 3 is 2.42 bits per heavy atom. The molecule has 2 aromatic rings. The van der Waals surface area contributed by atoms with E-state index in [0.717, 1.165) is 21.1 Å². The number of nitrogens with zero attached hydrogens (tertiary/aromatic N) is 1. The maximum absolute atomic E-state index is 11.0. The molecule has 0 saturated carbocycles. The summed E-state index contributed by atoms with van der Waals surface area (Å²) in [6.45, 7) is 6.27. The van der Waals surface area contributed by atoms with Crippen molar-refractivity contribution in [3.8, 4) is 11.3 Å². The van der Waals surface area contributed by atoms with Crippen LogP contribution in [0.2, 0.25) is 0 Å². The van der Waals surface area contributed by atoms with Crippen molar-refractivity contribution in [2.24, 2.45) is 0 Å². The van der Waals surface area contributed by atoms with E-state index >= 15 is 0 Å². The molecule has 0 aliphatic carbocycles. The lowest BCUT2D eigenvalue weighted by atomic mass is 9.98. The summed E-state index contributed by atoms with van der Waals surface area (Å²) in [6.07, 6.45) is 0.0258. The van der Waals surface area contributed by atoms with Crippen LogP contribution in [0.25, 0.3) is 11.3 Å². The molecular weight excluding hydrogens is 258 g/mol. The smallest absolute Gasteiger partial charge is 0.308 e. The van der Waals surface area contributed by atoms with Gasteiger partial charge in [0.2, 0.25) is 0 Å². The Balaban J connectivity index is 2.52. The first-order chi connectivity index (χ1) is 8.88. The van der Waals surface area contributed by atoms with Crippen LogP contribution in [-0.2, 0) is 16.6 Å². The Hall–Kier alpha value is -1.68. The Labute approximate surface area is 116 Å². The van der Waals surface area contributed by atoms with Gasteiger partial charge in [0.25, 0.3) is 0 Å². The van der Waals surface area contributed by atoms with Crippen LogP contribution in [0.1, 0.15) is 30.7 Å². The molecule has 0 atom stereocenters. The minimum atomic E-state index is -0.818. The quantitative estimate of drug-likeness (QED) is 0.928. The molecule has 1 aromatic carbocycles. The lowest BCUT2D eigenvalue weighted by Crippen LogP contribution is -2.10. The van der Waals surface area contributed by atoms with Crippen molar-refractivity contribution in [2.75, 3.05) is 0 Å². The monoisotopic (exact) mass is 275 g/mol. The number of carbonyl (C=O) groups is 1. The first kappa shape index (κ1) is 13.7. The lowest BCUT2D eigenvalue weighted by molar-refractivity contribution is -0.136. The molecule has 100 valence electrons. The topological polar surface area (TPSA) is 50.2 Å². The fourth-order valence-corrected chi connectivity index (χ4v) is 2.88. The van der Waals surface area contributed by atoms with Crippen LogP contribution in [0.5, 0.6) is 0 Å². The van der Waals surface area contributed by atoms with Gasteiger partial charge in [0.05, 0.1) is 17.1 Å². The predicted octanol–water partition coefficient (Wildman–Crippen LogP) is 3.73. The van der Waals surface area contributed by atoms with E-state index in [1.165, 1.54) is 11.3 Å². The van der Waals surface area contributed by atoms with E-state index in [9.17, 15) is 4.79 Å². The fourth-order valence-electron chi connectivity index (χ4n) is 1.75. The highest BCUT2D eigenvalue weighted by Crippen LogP contribution is 2.34. The van der Waals surface area contributed by atoms with Crippen LogP contribution in [-0.4, -0.2) is 16.1 Å². The maximum atomic E-state index is 11.0. The Bertz CT molecular complexity index is 582. The van der Waals surface area contributed by atoms with Crippen LogP contribution < -0.4 is 0 Å². The first-order valence-corrected chi connectivity index (χ1v) is 6.97. The van der Waals surface area contributed by atoms with Crippen LogP contribution in [0.4, 0.5) is 0 Å². The van der Waals surface area contributed by atoms with E-state index in [0.29, 0.717) is 0 Å². The molecule has 1 aromatic heterocycles. The molecule has 19 heavy (non-hydrogen) atoms. The summed E-state index contributed by atoms with van der Waals surface area (Å²) in [5, 5.41) is 10.0. The Morgan fingerprint density at radius 1 is 1.26 bits per heavy atom. The normalized spacial score (nSPS) is 11.5. The number of carboxylic acids is 1. The van der Waals surface area contributed by atoms with E-state index in [1.807, 2.05) is 30.3 Å². The van der Waals surface area contributed by atoms with Crippen LogP contribution >= 0.6 is 11.3 Å². The van der Waals surface area contributed by atoms with Gasteiger partial charge in [-0.3, -0.25) is 4.79 Å². The summed E-state index contributed by atoms with van der Waals surface area (Å²) >= 11 is 1.50. The average molecular weight is 275 g/mol. The van der Waals surface area contributed by atoms with Gasteiger partial charge in [0, 0.05) is 15.9 Å².